The Labute approximate surface area is 82.7 Å². The molecule has 1 atom stereocenters. The van der Waals surface area contributed by atoms with Crippen LogP contribution in [-0.2, 0) is 6.42 Å². The SMILES string of the molecule is CC(N)CCc1ccc(Cl)c(F)c1. The van der Waals surface area contributed by atoms with Gasteiger partial charge in [-0.2, -0.15) is 0 Å². The van der Waals surface area contributed by atoms with E-state index >= 15 is 0 Å². The molecule has 0 bridgehead atoms. The number of rotatable bonds is 3. The highest BCUT2D eigenvalue weighted by Crippen LogP contribution is 2.16. The van der Waals surface area contributed by atoms with Crippen LogP contribution in [0.4, 0.5) is 4.39 Å². The summed E-state index contributed by atoms with van der Waals surface area (Å²) in [7, 11) is 0. The smallest absolute Gasteiger partial charge is 0.142 e. The summed E-state index contributed by atoms with van der Waals surface area (Å²) in [4.78, 5) is 0. The van der Waals surface area contributed by atoms with Crippen LogP contribution in [0.3, 0.4) is 0 Å². The van der Waals surface area contributed by atoms with Crippen molar-refractivity contribution in [1.82, 2.24) is 0 Å². The van der Waals surface area contributed by atoms with E-state index in [-0.39, 0.29) is 16.9 Å². The average Bonchev–Trinajstić information content (AvgIpc) is 2.07. The summed E-state index contributed by atoms with van der Waals surface area (Å²) < 4.78 is 12.9. The summed E-state index contributed by atoms with van der Waals surface area (Å²) in [6.07, 6.45) is 1.66. The molecule has 1 aromatic carbocycles. The molecule has 2 N–H and O–H groups in total. The summed E-state index contributed by atoms with van der Waals surface area (Å²) in [6.45, 7) is 1.94. The predicted octanol–water partition coefficient (Wildman–Crippen LogP) is 2.76. The molecule has 0 aliphatic heterocycles. The van der Waals surface area contributed by atoms with E-state index in [1.54, 1.807) is 6.07 Å². The highest BCUT2D eigenvalue weighted by molar-refractivity contribution is 6.30. The van der Waals surface area contributed by atoms with Crippen LogP contribution in [0.15, 0.2) is 18.2 Å². The van der Waals surface area contributed by atoms with Gasteiger partial charge in [0.05, 0.1) is 5.02 Å². The lowest BCUT2D eigenvalue weighted by atomic mass is 10.1. The fraction of sp³-hybridized carbons (Fsp3) is 0.400. The van der Waals surface area contributed by atoms with Crippen molar-refractivity contribution in [3.63, 3.8) is 0 Å². The monoisotopic (exact) mass is 201 g/mol. The molecule has 0 spiro atoms. The van der Waals surface area contributed by atoms with E-state index in [1.165, 1.54) is 6.07 Å². The molecule has 3 heteroatoms. The molecule has 0 aliphatic carbocycles. The first-order chi connectivity index (χ1) is 6.09. The largest absolute Gasteiger partial charge is 0.328 e. The topological polar surface area (TPSA) is 26.0 Å². The van der Waals surface area contributed by atoms with Gasteiger partial charge in [0.25, 0.3) is 0 Å². The quantitative estimate of drug-likeness (QED) is 0.800. The molecule has 0 aromatic heterocycles. The van der Waals surface area contributed by atoms with Crippen LogP contribution in [0.5, 0.6) is 0 Å². The number of aryl methyl sites for hydroxylation is 1. The van der Waals surface area contributed by atoms with E-state index in [9.17, 15) is 4.39 Å². The molecule has 0 aliphatic rings. The number of hydrogen-bond donors (Lipinski definition) is 1. The minimum atomic E-state index is -0.358. The first kappa shape index (κ1) is 10.5. The van der Waals surface area contributed by atoms with Gasteiger partial charge in [-0.3, -0.25) is 0 Å². The Bertz CT molecular complexity index is 286. The molecular formula is C10H13ClFN. The average molecular weight is 202 g/mol. The fourth-order valence-corrected chi connectivity index (χ4v) is 1.21. The highest BCUT2D eigenvalue weighted by atomic mass is 35.5. The Kier molecular flexibility index (Phi) is 3.70. The van der Waals surface area contributed by atoms with Gasteiger partial charge in [0.1, 0.15) is 5.82 Å². The van der Waals surface area contributed by atoms with E-state index < -0.39 is 0 Å². The molecule has 0 saturated heterocycles. The van der Waals surface area contributed by atoms with Crippen LogP contribution in [0.2, 0.25) is 5.02 Å². The third-order valence-corrected chi connectivity index (χ3v) is 2.18. The fourth-order valence-electron chi connectivity index (χ4n) is 1.09. The molecule has 0 heterocycles. The molecule has 1 nitrogen and oxygen atoms in total. The van der Waals surface area contributed by atoms with Crippen molar-refractivity contribution in [1.29, 1.82) is 0 Å². The van der Waals surface area contributed by atoms with Crippen molar-refractivity contribution < 1.29 is 4.39 Å². The molecule has 72 valence electrons. The van der Waals surface area contributed by atoms with Gasteiger partial charge >= 0.3 is 0 Å². The highest BCUT2D eigenvalue weighted by Gasteiger charge is 2.01. The Hall–Kier alpha value is -0.600. The maximum atomic E-state index is 12.9. The molecule has 1 unspecified atom stereocenters. The lowest BCUT2D eigenvalue weighted by Gasteiger charge is -2.05. The Balaban J connectivity index is 2.63. The first-order valence-corrected chi connectivity index (χ1v) is 4.67. The second-order valence-corrected chi connectivity index (χ2v) is 3.67. The van der Waals surface area contributed by atoms with E-state index in [2.05, 4.69) is 0 Å². The van der Waals surface area contributed by atoms with E-state index in [0.29, 0.717) is 0 Å². The molecule has 1 rings (SSSR count). The Morgan fingerprint density at radius 3 is 2.77 bits per heavy atom. The lowest BCUT2D eigenvalue weighted by Crippen LogP contribution is -2.15. The molecule has 13 heavy (non-hydrogen) atoms. The summed E-state index contributed by atoms with van der Waals surface area (Å²) in [5.74, 6) is -0.358. The van der Waals surface area contributed by atoms with Gasteiger partial charge in [-0.25, -0.2) is 4.39 Å². The van der Waals surface area contributed by atoms with Crippen LogP contribution >= 0.6 is 11.6 Å². The van der Waals surface area contributed by atoms with Gasteiger partial charge < -0.3 is 5.73 Å². The van der Waals surface area contributed by atoms with Crippen molar-refractivity contribution in [2.24, 2.45) is 5.73 Å². The standard InChI is InChI=1S/C10H13ClFN/c1-7(13)2-3-8-4-5-9(11)10(12)6-8/h4-7H,2-3,13H2,1H3. The minimum absolute atomic E-state index is 0.152. The van der Waals surface area contributed by atoms with Crippen molar-refractivity contribution in [2.45, 2.75) is 25.8 Å². The predicted molar refractivity (Wildman–Crippen MR) is 53.4 cm³/mol. The van der Waals surface area contributed by atoms with E-state index in [4.69, 9.17) is 17.3 Å². The summed E-state index contributed by atoms with van der Waals surface area (Å²) in [6, 6.07) is 5.02. The molecule has 0 amide bonds. The van der Waals surface area contributed by atoms with Crippen molar-refractivity contribution >= 4 is 11.6 Å². The van der Waals surface area contributed by atoms with Crippen LogP contribution in [0, 0.1) is 5.82 Å². The van der Waals surface area contributed by atoms with Crippen molar-refractivity contribution in [3.8, 4) is 0 Å². The molecular weight excluding hydrogens is 189 g/mol. The summed E-state index contributed by atoms with van der Waals surface area (Å²) in [5, 5.41) is 0.171. The maximum Gasteiger partial charge on any atom is 0.142 e. The second kappa shape index (κ2) is 4.58. The van der Waals surface area contributed by atoms with Gasteiger partial charge in [-0.15, -0.1) is 0 Å². The number of halogens is 2. The molecule has 0 fully saturated rings. The van der Waals surface area contributed by atoms with E-state index in [0.717, 1.165) is 18.4 Å². The van der Waals surface area contributed by atoms with Crippen LogP contribution in [0.1, 0.15) is 18.9 Å². The molecule has 0 saturated carbocycles. The normalized spacial score (nSPS) is 12.9. The van der Waals surface area contributed by atoms with Crippen molar-refractivity contribution in [3.05, 3.63) is 34.6 Å². The third-order valence-electron chi connectivity index (χ3n) is 1.87. The minimum Gasteiger partial charge on any atom is -0.328 e. The second-order valence-electron chi connectivity index (χ2n) is 3.26. The van der Waals surface area contributed by atoms with Crippen molar-refractivity contribution in [2.75, 3.05) is 0 Å². The van der Waals surface area contributed by atoms with Crippen LogP contribution in [-0.4, -0.2) is 6.04 Å². The Morgan fingerprint density at radius 2 is 2.23 bits per heavy atom. The van der Waals surface area contributed by atoms with Gasteiger partial charge in [-0.1, -0.05) is 17.7 Å². The zero-order chi connectivity index (χ0) is 9.84. The van der Waals surface area contributed by atoms with E-state index in [1.807, 2.05) is 13.0 Å². The zero-order valence-corrected chi connectivity index (χ0v) is 8.31. The van der Waals surface area contributed by atoms with Gasteiger partial charge in [0.15, 0.2) is 0 Å². The number of nitrogens with two attached hydrogens (primary N) is 1. The summed E-state index contributed by atoms with van der Waals surface area (Å²) in [5.41, 5.74) is 6.53. The van der Waals surface area contributed by atoms with Crippen LogP contribution in [0.25, 0.3) is 0 Å². The Morgan fingerprint density at radius 1 is 1.54 bits per heavy atom. The third kappa shape index (κ3) is 3.33. The first-order valence-electron chi connectivity index (χ1n) is 4.29. The lowest BCUT2D eigenvalue weighted by molar-refractivity contribution is 0.620. The van der Waals surface area contributed by atoms with Crippen LogP contribution < -0.4 is 5.73 Å². The molecule has 1 aromatic rings. The van der Waals surface area contributed by atoms with Gasteiger partial charge in [0, 0.05) is 6.04 Å². The summed E-state index contributed by atoms with van der Waals surface area (Å²) >= 11 is 5.54. The zero-order valence-electron chi connectivity index (χ0n) is 7.56. The maximum absolute atomic E-state index is 12.9. The molecule has 0 radical (unpaired) electrons. The van der Waals surface area contributed by atoms with Gasteiger partial charge in [-0.05, 0) is 37.5 Å². The number of hydrogen-bond acceptors (Lipinski definition) is 1. The number of benzene rings is 1. The van der Waals surface area contributed by atoms with Gasteiger partial charge in [0.2, 0.25) is 0 Å².